The van der Waals surface area contributed by atoms with E-state index in [1.807, 2.05) is 27.7 Å². The summed E-state index contributed by atoms with van der Waals surface area (Å²) < 4.78 is 43.8. The van der Waals surface area contributed by atoms with Gasteiger partial charge in [0, 0.05) is 23.2 Å². The molecular weight excluding hydrogens is 447 g/mol. The maximum atomic E-state index is 13.6. The van der Waals surface area contributed by atoms with Gasteiger partial charge >= 0.3 is 6.61 Å². The molecule has 1 unspecified atom stereocenters. The van der Waals surface area contributed by atoms with Gasteiger partial charge in [-0.1, -0.05) is 46.7 Å². The van der Waals surface area contributed by atoms with Gasteiger partial charge in [0.15, 0.2) is 5.65 Å². The summed E-state index contributed by atoms with van der Waals surface area (Å²) in [7, 11) is 0. The topological polar surface area (TPSA) is 81.4 Å². The molecule has 1 N–H and O–H groups in total. The van der Waals surface area contributed by atoms with E-state index < -0.39 is 29.8 Å². The predicted molar refractivity (Wildman–Crippen MR) is 116 cm³/mol. The normalized spacial score (nSPS) is 16.1. The van der Waals surface area contributed by atoms with Gasteiger partial charge in [0.2, 0.25) is 17.7 Å². The summed E-state index contributed by atoms with van der Waals surface area (Å²) in [6, 6.07) is 2.50. The average Bonchev–Trinajstić information content (AvgIpc) is 3.21. The van der Waals surface area contributed by atoms with E-state index in [1.54, 1.807) is 6.20 Å². The molecule has 0 saturated heterocycles. The van der Waals surface area contributed by atoms with Crippen molar-refractivity contribution in [2.45, 2.75) is 59.5 Å². The molecule has 0 aliphatic heterocycles. The molecule has 11 heteroatoms. The third-order valence-corrected chi connectivity index (χ3v) is 5.08. The van der Waals surface area contributed by atoms with Crippen molar-refractivity contribution in [3.63, 3.8) is 0 Å². The predicted octanol–water partition coefficient (Wildman–Crippen LogP) is 5.58. The lowest BCUT2D eigenvalue weighted by molar-refractivity contribution is -0.117. The zero-order chi connectivity index (χ0) is 22.9. The summed E-state index contributed by atoms with van der Waals surface area (Å²) in [5.41, 5.74) is 1.48. The lowest BCUT2D eigenvalue weighted by atomic mass is 9.88. The van der Waals surface area contributed by atoms with Crippen LogP contribution in [0.25, 0.3) is 5.65 Å². The molecule has 3 aromatic heterocycles. The average molecular weight is 472 g/mol. The highest BCUT2D eigenvalue weighted by atomic mass is 35.5. The lowest BCUT2D eigenvalue weighted by Gasteiger charge is -2.19. The number of pyridine rings is 1. The fourth-order valence-electron chi connectivity index (χ4n) is 3.70. The molecule has 1 atom stereocenters. The number of nitrogens with one attached hydrogen (secondary N) is 1. The molecule has 0 radical (unpaired) electrons. The van der Waals surface area contributed by atoms with Gasteiger partial charge in [0.25, 0.3) is 0 Å². The Morgan fingerprint density at radius 1 is 1.28 bits per heavy atom. The summed E-state index contributed by atoms with van der Waals surface area (Å²) in [4.78, 5) is 20.8. The molecule has 0 aromatic carbocycles. The second kappa shape index (κ2) is 9.72. The first kappa shape index (κ1) is 25.4. The molecule has 1 aliphatic rings. The number of carbonyl (C=O) groups is 1. The van der Waals surface area contributed by atoms with E-state index in [2.05, 4.69) is 25.1 Å². The summed E-state index contributed by atoms with van der Waals surface area (Å²) >= 11 is 5.88. The van der Waals surface area contributed by atoms with E-state index in [1.165, 1.54) is 22.8 Å². The number of halogens is 4. The molecule has 7 nitrogen and oxygen atoms in total. The van der Waals surface area contributed by atoms with Crippen molar-refractivity contribution in [1.82, 2.24) is 19.6 Å². The Hall–Kier alpha value is -2.88. The Balaban J connectivity index is 0.00000118. The Labute approximate surface area is 189 Å². The highest BCUT2D eigenvalue weighted by molar-refractivity contribution is 6.32. The fraction of sp³-hybridized carbons (Fsp3) is 0.429. The third-order valence-electron chi connectivity index (χ3n) is 4.80. The first-order valence-electron chi connectivity index (χ1n) is 9.61. The van der Waals surface area contributed by atoms with Gasteiger partial charge in [0.05, 0.1) is 23.5 Å². The maximum absolute atomic E-state index is 13.6. The van der Waals surface area contributed by atoms with Crippen LogP contribution in [-0.4, -0.2) is 32.1 Å². The van der Waals surface area contributed by atoms with E-state index in [0.717, 1.165) is 0 Å². The second-order valence-electron chi connectivity index (χ2n) is 7.32. The standard InChI is InChI=1S/C18H15ClF3N5O2.C2H6.CH4/c1-18(2)5-9(10-7-23-13-4-12(20)26-27(13)14(10)18)15(28)25-8-3-11(19)16(24-6-8)29-17(21)22;1-2;/h3-4,6-7,9,17H,5H2,1-2H3,(H,25,28);1-2H3;1H4. The molecule has 3 aromatic rings. The number of hydrogen-bond donors (Lipinski definition) is 1. The van der Waals surface area contributed by atoms with Crippen LogP contribution in [0.1, 0.15) is 58.7 Å². The summed E-state index contributed by atoms with van der Waals surface area (Å²) in [6.45, 7) is 4.81. The minimum absolute atomic E-state index is 0. The van der Waals surface area contributed by atoms with Gasteiger partial charge < -0.3 is 10.1 Å². The molecule has 1 aliphatic carbocycles. The van der Waals surface area contributed by atoms with Crippen molar-refractivity contribution >= 4 is 28.8 Å². The van der Waals surface area contributed by atoms with E-state index in [-0.39, 0.29) is 24.0 Å². The van der Waals surface area contributed by atoms with Gasteiger partial charge in [0.1, 0.15) is 5.02 Å². The highest BCUT2D eigenvalue weighted by Gasteiger charge is 2.43. The van der Waals surface area contributed by atoms with Gasteiger partial charge in [-0.05, 0) is 12.5 Å². The molecule has 0 fully saturated rings. The largest absolute Gasteiger partial charge is 0.415 e. The number of hydrogen-bond acceptors (Lipinski definition) is 5. The van der Waals surface area contributed by atoms with E-state index in [4.69, 9.17) is 11.6 Å². The van der Waals surface area contributed by atoms with Crippen molar-refractivity contribution in [2.24, 2.45) is 0 Å². The van der Waals surface area contributed by atoms with Crippen molar-refractivity contribution in [1.29, 1.82) is 0 Å². The number of amides is 1. The molecule has 0 saturated carbocycles. The van der Waals surface area contributed by atoms with Crippen molar-refractivity contribution < 1.29 is 22.7 Å². The number of aromatic nitrogens is 4. The smallest absolute Gasteiger partial charge is 0.388 e. The monoisotopic (exact) mass is 471 g/mol. The Morgan fingerprint density at radius 3 is 2.59 bits per heavy atom. The number of alkyl halides is 2. The number of rotatable bonds is 4. The summed E-state index contributed by atoms with van der Waals surface area (Å²) in [6.07, 6.45) is 3.17. The van der Waals surface area contributed by atoms with Crippen LogP contribution >= 0.6 is 11.6 Å². The fourth-order valence-corrected chi connectivity index (χ4v) is 3.91. The third kappa shape index (κ3) is 4.79. The molecule has 0 spiro atoms. The Bertz CT molecular complexity index is 1120. The number of nitrogens with zero attached hydrogens (tertiary/aromatic N) is 4. The molecule has 1 amide bonds. The lowest BCUT2D eigenvalue weighted by Crippen LogP contribution is -2.21. The first-order chi connectivity index (χ1) is 14.7. The zero-order valence-corrected chi connectivity index (χ0v) is 18.0. The molecule has 32 heavy (non-hydrogen) atoms. The van der Waals surface area contributed by atoms with Crippen molar-refractivity contribution in [3.8, 4) is 5.88 Å². The van der Waals surface area contributed by atoms with Crippen molar-refractivity contribution in [2.75, 3.05) is 5.32 Å². The van der Waals surface area contributed by atoms with Gasteiger partial charge in [-0.25, -0.2) is 14.5 Å². The van der Waals surface area contributed by atoms with Crippen molar-refractivity contribution in [3.05, 3.63) is 46.8 Å². The summed E-state index contributed by atoms with van der Waals surface area (Å²) in [5.74, 6) is -2.01. The second-order valence-corrected chi connectivity index (χ2v) is 7.73. The molecule has 0 bridgehead atoms. The number of ether oxygens (including phenoxy) is 1. The Morgan fingerprint density at radius 2 is 1.97 bits per heavy atom. The van der Waals surface area contributed by atoms with Gasteiger partial charge in [-0.2, -0.15) is 13.2 Å². The highest BCUT2D eigenvalue weighted by Crippen LogP contribution is 2.46. The molecule has 3 heterocycles. The minimum atomic E-state index is -3.06. The number of carbonyl (C=O) groups excluding carboxylic acids is 1. The maximum Gasteiger partial charge on any atom is 0.388 e. The van der Waals surface area contributed by atoms with Crippen LogP contribution < -0.4 is 10.1 Å². The van der Waals surface area contributed by atoms with Crippen LogP contribution in [0.5, 0.6) is 5.88 Å². The van der Waals surface area contributed by atoms with E-state index in [0.29, 0.717) is 23.3 Å². The van der Waals surface area contributed by atoms with E-state index in [9.17, 15) is 18.0 Å². The number of fused-ring (bicyclic) bond motifs is 3. The van der Waals surface area contributed by atoms with Gasteiger partial charge in [-0.15, -0.1) is 5.10 Å². The molecule has 174 valence electrons. The van der Waals surface area contributed by atoms with Crippen LogP contribution in [0.3, 0.4) is 0 Å². The quantitative estimate of drug-likeness (QED) is 0.537. The Kier molecular flexibility index (Phi) is 7.71. The van der Waals surface area contributed by atoms with Crippen LogP contribution in [0.15, 0.2) is 24.5 Å². The SMILES string of the molecule is C.CC.CC1(C)CC(C(=O)Nc2cnc(OC(F)F)c(Cl)c2)c2cnc3cc(F)nn3c21. The van der Waals surface area contributed by atoms with Gasteiger partial charge in [-0.3, -0.25) is 4.79 Å². The van der Waals surface area contributed by atoms with Crippen LogP contribution in [0.2, 0.25) is 5.02 Å². The molecule has 4 rings (SSSR count). The summed E-state index contributed by atoms with van der Waals surface area (Å²) in [5, 5.41) is 6.37. The first-order valence-corrected chi connectivity index (χ1v) is 9.99. The van der Waals surface area contributed by atoms with E-state index >= 15 is 0 Å². The van der Waals surface area contributed by atoms with Crippen LogP contribution in [0.4, 0.5) is 18.9 Å². The number of anilines is 1. The minimum Gasteiger partial charge on any atom is -0.415 e. The molecular formula is C21H25ClF3N5O2. The van der Waals surface area contributed by atoms with Crippen LogP contribution in [0, 0.1) is 5.95 Å². The zero-order valence-electron chi connectivity index (χ0n) is 17.3. The van der Waals surface area contributed by atoms with Crippen LogP contribution in [-0.2, 0) is 10.2 Å².